The summed E-state index contributed by atoms with van der Waals surface area (Å²) in [6.45, 7) is 4.38. The second kappa shape index (κ2) is 8.83. The third-order valence-electron chi connectivity index (χ3n) is 7.34. The van der Waals surface area contributed by atoms with E-state index < -0.39 is 35.0 Å². The predicted octanol–water partition coefficient (Wildman–Crippen LogP) is 1.40. The lowest BCUT2D eigenvalue weighted by Gasteiger charge is -2.33. The Morgan fingerprint density at radius 3 is 2.66 bits per heavy atom. The van der Waals surface area contributed by atoms with E-state index in [0.717, 1.165) is 5.56 Å². The van der Waals surface area contributed by atoms with E-state index in [1.807, 2.05) is 37.3 Å². The summed E-state index contributed by atoms with van der Waals surface area (Å²) in [7, 11) is 0. The molecule has 0 saturated carbocycles. The first-order valence-electron chi connectivity index (χ1n) is 11.5. The molecule has 1 aromatic rings. The number of hydrogen-bond acceptors (Lipinski definition) is 6. The van der Waals surface area contributed by atoms with Gasteiger partial charge in [-0.1, -0.05) is 37.3 Å². The molecule has 2 amide bonds. The first-order chi connectivity index (χ1) is 15.4. The standard InChI is InChI=1S/C24H32N2O6/c1-3-23-11-12-24(32-23)17(18(23)22(30)31-4-2)21(29)26(13-8-14-27)19(24)20(28)25-15-16-9-6-5-7-10-16/h5-7,9-10,17-19,27H,3-4,8,11-15H2,1-2H3,(H,25,28)/t17-,18-,19?,23+,24?/m0/s1. The number of amides is 2. The normalized spacial score (nSPS) is 32.8. The van der Waals surface area contributed by atoms with Gasteiger partial charge >= 0.3 is 5.97 Å². The van der Waals surface area contributed by atoms with Crippen molar-refractivity contribution in [1.82, 2.24) is 10.2 Å². The number of aliphatic hydroxyl groups excluding tert-OH is 1. The van der Waals surface area contributed by atoms with Gasteiger partial charge in [-0.15, -0.1) is 0 Å². The van der Waals surface area contributed by atoms with Gasteiger partial charge in [-0.2, -0.15) is 0 Å². The van der Waals surface area contributed by atoms with Crippen LogP contribution in [0.4, 0.5) is 0 Å². The van der Waals surface area contributed by atoms with Gasteiger partial charge in [0.05, 0.1) is 18.1 Å². The van der Waals surface area contributed by atoms with E-state index in [4.69, 9.17) is 9.47 Å². The number of likely N-dealkylation sites (tertiary alicyclic amines) is 1. The Morgan fingerprint density at radius 2 is 2.00 bits per heavy atom. The van der Waals surface area contributed by atoms with Crippen molar-refractivity contribution in [2.75, 3.05) is 19.8 Å². The lowest BCUT2D eigenvalue weighted by molar-refractivity contribution is -0.160. The minimum atomic E-state index is -1.05. The van der Waals surface area contributed by atoms with Crippen LogP contribution in [0.1, 0.15) is 45.1 Å². The van der Waals surface area contributed by atoms with Crippen LogP contribution in [-0.2, 0) is 30.4 Å². The lowest BCUT2D eigenvalue weighted by Crippen LogP contribution is -2.55. The molecule has 2 bridgehead atoms. The Labute approximate surface area is 188 Å². The molecule has 0 radical (unpaired) electrons. The summed E-state index contributed by atoms with van der Waals surface area (Å²) < 4.78 is 11.9. The summed E-state index contributed by atoms with van der Waals surface area (Å²) in [6.07, 6.45) is 2.05. The summed E-state index contributed by atoms with van der Waals surface area (Å²) in [4.78, 5) is 41.6. The molecule has 8 heteroatoms. The highest BCUT2D eigenvalue weighted by Crippen LogP contribution is 2.64. The zero-order valence-electron chi connectivity index (χ0n) is 18.7. The second-order valence-electron chi connectivity index (χ2n) is 8.90. The lowest BCUT2D eigenvalue weighted by atomic mass is 9.65. The quantitative estimate of drug-likeness (QED) is 0.558. The van der Waals surface area contributed by atoms with E-state index in [2.05, 4.69) is 5.32 Å². The number of nitrogens with one attached hydrogen (secondary N) is 1. The van der Waals surface area contributed by atoms with Crippen molar-refractivity contribution in [2.45, 2.75) is 63.3 Å². The van der Waals surface area contributed by atoms with E-state index in [-0.39, 0.29) is 31.6 Å². The highest BCUT2D eigenvalue weighted by Gasteiger charge is 2.78. The van der Waals surface area contributed by atoms with Crippen LogP contribution in [0.25, 0.3) is 0 Å². The average Bonchev–Trinajstić information content (AvgIpc) is 3.40. The number of fused-ring (bicyclic) bond motifs is 1. The average molecular weight is 445 g/mol. The van der Waals surface area contributed by atoms with Crippen LogP contribution >= 0.6 is 0 Å². The molecule has 1 aromatic carbocycles. The fraction of sp³-hybridized carbons (Fsp3) is 0.625. The third kappa shape index (κ3) is 3.40. The third-order valence-corrected chi connectivity index (χ3v) is 7.34. The summed E-state index contributed by atoms with van der Waals surface area (Å²) in [5.41, 5.74) is -0.888. The summed E-state index contributed by atoms with van der Waals surface area (Å²) in [5, 5.41) is 12.3. The van der Waals surface area contributed by atoms with E-state index >= 15 is 0 Å². The second-order valence-corrected chi connectivity index (χ2v) is 8.90. The number of benzene rings is 1. The van der Waals surface area contributed by atoms with Crippen molar-refractivity contribution in [3.8, 4) is 0 Å². The molecule has 3 fully saturated rings. The van der Waals surface area contributed by atoms with E-state index in [1.54, 1.807) is 6.92 Å². The Kier molecular flexibility index (Phi) is 6.27. The highest BCUT2D eigenvalue weighted by atomic mass is 16.6. The van der Waals surface area contributed by atoms with Crippen LogP contribution in [0.2, 0.25) is 0 Å². The maximum absolute atomic E-state index is 13.6. The van der Waals surface area contributed by atoms with Crippen molar-refractivity contribution in [3.05, 3.63) is 35.9 Å². The Morgan fingerprint density at radius 1 is 1.25 bits per heavy atom. The molecule has 3 aliphatic heterocycles. The number of nitrogens with zero attached hydrogens (tertiary/aromatic N) is 1. The van der Waals surface area contributed by atoms with Crippen LogP contribution in [0.15, 0.2) is 30.3 Å². The van der Waals surface area contributed by atoms with Gasteiger partial charge in [0.15, 0.2) is 0 Å². The van der Waals surface area contributed by atoms with Crippen molar-refractivity contribution in [3.63, 3.8) is 0 Å². The number of ether oxygens (including phenoxy) is 2. The zero-order chi connectivity index (χ0) is 22.9. The molecule has 174 valence electrons. The molecule has 4 rings (SSSR count). The van der Waals surface area contributed by atoms with Gasteiger partial charge in [0.25, 0.3) is 0 Å². The topological polar surface area (TPSA) is 105 Å². The van der Waals surface area contributed by atoms with Gasteiger partial charge in [-0.3, -0.25) is 14.4 Å². The van der Waals surface area contributed by atoms with E-state index in [0.29, 0.717) is 32.2 Å². The molecule has 3 heterocycles. The molecule has 2 unspecified atom stereocenters. The van der Waals surface area contributed by atoms with Crippen molar-refractivity contribution >= 4 is 17.8 Å². The molecule has 3 saturated heterocycles. The van der Waals surface area contributed by atoms with Gasteiger partial charge in [0, 0.05) is 19.7 Å². The molecule has 0 aliphatic carbocycles. The fourth-order valence-corrected chi connectivity index (χ4v) is 5.97. The van der Waals surface area contributed by atoms with Crippen molar-refractivity contribution in [2.24, 2.45) is 11.8 Å². The molecular weight excluding hydrogens is 412 g/mol. The van der Waals surface area contributed by atoms with Crippen LogP contribution in [0.3, 0.4) is 0 Å². The number of esters is 1. The minimum absolute atomic E-state index is 0.0964. The van der Waals surface area contributed by atoms with Crippen molar-refractivity contribution in [1.29, 1.82) is 0 Å². The molecular formula is C24H32N2O6. The van der Waals surface area contributed by atoms with Crippen LogP contribution < -0.4 is 5.32 Å². The van der Waals surface area contributed by atoms with E-state index in [1.165, 1.54) is 4.90 Å². The number of aliphatic hydroxyl groups is 1. The predicted molar refractivity (Wildman–Crippen MR) is 115 cm³/mol. The van der Waals surface area contributed by atoms with Gasteiger partial charge in [0.1, 0.15) is 17.6 Å². The summed E-state index contributed by atoms with van der Waals surface area (Å²) >= 11 is 0. The summed E-state index contributed by atoms with van der Waals surface area (Å²) in [5.74, 6) is -2.45. The van der Waals surface area contributed by atoms with Gasteiger partial charge in [-0.25, -0.2) is 0 Å². The van der Waals surface area contributed by atoms with Gasteiger partial charge < -0.3 is 24.8 Å². The number of carbonyl (C=O) groups excluding carboxylic acids is 3. The molecule has 3 aliphatic rings. The largest absolute Gasteiger partial charge is 0.466 e. The molecule has 5 atom stereocenters. The van der Waals surface area contributed by atoms with Crippen LogP contribution in [-0.4, -0.2) is 64.8 Å². The Hall–Kier alpha value is -2.45. The SMILES string of the molecule is CCOC(=O)[C@@H]1[C@H]2C(=O)N(CCCO)C(C(=O)NCc3ccccc3)C23CC[C@@]1(CC)O3. The number of hydrogen-bond donors (Lipinski definition) is 2. The van der Waals surface area contributed by atoms with Crippen LogP contribution in [0, 0.1) is 11.8 Å². The molecule has 2 N–H and O–H groups in total. The molecule has 0 aromatic heterocycles. The molecule has 1 spiro atoms. The molecule has 32 heavy (non-hydrogen) atoms. The maximum atomic E-state index is 13.6. The first-order valence-corrected chi connectivity index (χ1v) is 11.5. The zero-order valence-corrected chi connectivity index (χ0v) is 18.7. The minimum Gasteiger partial charge on any atom is -0.466 e. The number of rotatable bonds is 9. The van der Waals surface area contributed by atoms with Gasteiger partial charge in [-0.05, 0) is 38.2 Å². The highest BCUT2D eigenvalue weighted by molar-refractivity contribution is 5.98. The van der Waals surface area contributed by atoms with Crippen molar-refractivity contribution < 1.29 is 29.0 Å². The number of carbonyl (C=O) groups is 3. The van der Waals surface area contributed by atoms with E-state index in [9.17, 15) is 19.5 Å². The maximum Gasteiger partial charge on any atom is 0.312 e. The van der Waals surface area contributed by atoms with Gasteiger partial charge in [0.2, 0.25) is 11.8 Å². The summed E-state index contributed by atoms with van der Waals surface area (Å²) in [6, 6.07) is 8.71. The first kappa shape index (κ1) is 22.7. The monoisotopic (exact) mass is 444 g/mol. The Bertz CT molecular complexity index is 877. The Balaban J connectivity index is 1.67. The van der Waals surface area contributed by atoms with Crippen LogP contribution in [0.5, 0.6) is 0 Å². The molecule has 8 nitrogen and oxygen atoms in total. The smallest absolute Gasteiger partial charge is 0.312 e. The fourth-order valence-electron chi connectivity index (χ4n) is 5.97.